The fraction of sp³-hybridized carbons (Fsp3) is 0.950. The lowest BCUT2D eigenvalue weighted by molar-refractivity contribution is -0.153. The molecule has 1 rings (SSSR count). The van der Waals surface area contributed by atoms with Crippen LogP contribution in [0.4, 0.5) is 0 Å². The van der Waals surface area contributed by atoms with Crippen molar-refractivity contribution >= 4 is 5.97 Å². The Morgan fingerprint density at radius 3 is 2.17 bits per heavy atom. The van der Waals surface area contributed by atoms with Crippen molar-refractivity contribution in [1.29, 1.82) is 0 Å². The highest BCUT2D eigenvalue weighted by Gasteiger charge is 2.25. The zero-order valence-corrected chi connectivity index (χ0v) is 16.6. The highest BCUT2D eigenvalue weighted by molar-refractivity contribution is 5.76. The van der Waals surface area contributed by atoms with Crippen LogP contribution in [0.5, 0.6) is 0 Å². The van der Waals surface area contributed by atoms with Gasteiger partial charge in [0.05, 0.1) is 0 Å². The molecule has 1 aliphatic rings. The average Bonchev–Trinajstić information content (AvgIpc) is 2.54. The van der Waals surface area contributed by atoms with E-state index >= 15 is 0 Å². The number of rotatable bonds is 9. The van der Waals surface area contributed by atoms with Gasteiger partial charge in [-0.2, -0.15) is 0 Å². The van der Waals surface area contributed by atoms with Gasteiger partial charge < -0.3 is 15.2 Å². The predicted octanol–water partition coefficient (Wildman–Crippen LogP) is 4.44. The predicted molar refractivity (Wildman–Crippen MR) is 101 cm³/mol. The minimum absolute atomic E-state index is 0.0156. The summed E-state index contributed by atoms with van der Waals surface area (Å²) in [5.74, 6) is 0.643. The summed E-state index contributed by atoms with van der Waals surface area (Å²) in [6.45, 7) is 10.7. The summed E-state index contributed by atoms with van der Waals surface area (Å²) in [6.07, 6.45) is 9.25. The molecule has 1 fully saturated rings. The third-order valence-corrected chi connectivity index (χ3v) is 4.09. The fourth-order valence-electron chi connectivity index (χ4n) is 2.87. The van der Waals surface area contributed by atoms with Gasteiger partial charge in [-0.15, -0.1) is 0 Å². The van der Waals surface area contributed by atoms with Gasteiger partial charge in [-0.05, 0) is 38.0 Å². The Balaban J connectivity index is 0.00000118. The van der Waals surface area contributed by atoms with Crippen LogP contribution < -0.4 is 5.32 Å². The number of esters is 1. The Kier molecular flexibility index (Phi) is 14.3. The summed E-state index contributed by atoms with van der Waals surface area (Å²) < 4.78 is 5.58. The molecule has 1 aliphatic carbocycles. The minimum atomic E-state index is -0.353. The summed E-state index contributed by atoms with van der Waals surface area (Å²) in [4.78, 5) is 12.3. The average molecular weight is 344 g/mol. The van der Waals surface area contributed by atoms with Gasteiger partial charge in [-0.1, -0.05) is 60.3 Å². The van der Waals surface area contributed by atoms with E-state index < -0.39 is 0 Å². The van der Waals surface area contributed by atoms with Gasteiger partial charge >= 0.3 is 5.97 Å². The van der Waals surface area contributed by atoms with Crippen LogP contribution in [-0.2, 0) is 9.53 Å². The second-order valence-electron chi connectivity index (χ2n) is 7.55. The molecule has 0 bridgehead atoms. The van der Waals surface area contributed by atoms with Crippen LogP contribution in [0.1, 0.15) is 92.4 Å². The molecule has 0 amide bonds. The number of aliphatic hydroxyl groups excluding tert-OH is 1. The van der Waals surface area contributed by atoms with Crippen molar-refractivity contribution in [3.63, 3.8) is 0 Å². The first-order valence-corrected chi connectivity index (χ1v) is 10.0. The van der Waals surface area contributed by atoms with Gasteiger partial charge in [0.25, 0.3) is 0 Å². The van der Waals surface area contributed by atoms with Gasteiger partial charge in [0.1, 0.15) is 12.1 Å². The minimum Gasteiger partial charge on any atom is -0.461 e. The fourth-order valence-corrected chi connectivity index (χ4v) is 2.87. The van der Waals surface area contributed by atoms with E-state index in [0.29, 0.717) is 12.5 Å². The molecule has 2 N–H and O–H groups in total. The third-order valence-electron chi connectivity index (χ3n) is 4.09. The van der Waals surface area contributed by atoms with Gasteiger partial charge in [0.15, 0.2) is 0 Å². The van der Waals surface area contributed by atoms with E-state index in [-0.39, 0.29) is 24.7 Å². The monoisotopic (exact) mass is 343 g/mol. The van der Waals surface area contributed by atoms with Crippen molar-refractivity contribution < 1.29 is 14.6 Å². The van der Waals surface area contributed by atoms with E-state index in [2.05, 4.69) is 33.0 Å². The van der Waals surface area contributed by atoms with Crippen LogP contribution in [-0.4, -0.2) is 35.9 Å². The topological polar surface area (TPSA) is 58.6 Å². The van der Waals surface area contributed by atoms with E-state index in [1.165, 1.54) is 19.3 Å². The van der Waals surface area contributed by atoms with E-state index in [1.807, 2.05) is 6.92 Å². The summed E-state index contributed by atoms with van der Waals surface area (Å²) in [6, 6.07) is 0.0492. The van der Waals surface area contributed by atoms with Crippen LogP contribution in [0.2, 0.25) is 0 Å². The van der Waals surface area contributed by atoms with Crippen LogP contribution in [0.15, 0.2) is 0 Å². The van der Waals surface area contributed by atoms with E-state index in [4.69, 9.17) is 9.84 Å². The normalized spacial score (nSPS) is 17.8. The molecule has 2 atom stereocenters. The van der Waals surface area contributed by atoms with Gasteiger partial charge in [-0.3, -0.25) is 4.79 Å². The maximum atomic E-state index is 12.3. The molecule has 0 radical (unpaired) electrons. The van der Waals surface area contributed by atoms with Crippen molar-refractivity contribution in [2.24, 2.45) is 5.92 Å². The van der Waals surface area contributed by atoms with Crippen molar-refractivity contribution in [2.45, 2.75) is 111 Å². The molecule has 24 heavy (non-hydrogen) atoms. The quantitative estimate of drug-likeness (QED) is 0.608. The van der Waals surface area contributed by atoms with Crippen LogP contribution in [0, 0.1) is 5.92 Å². The summed E-state index contributed by atoms with van der Waals surface area (Å²) in [7, 11) is 0. The molecule has 4 heteroatoms. The molecule has 0 aromatic carbocycles. The molecular formula is C20H41NO3. The zero-order chi connectivity index (χ0) is 18.4. The molecule has 1 saturated carbocycles. The van der Waals surface area contributed by atoms with Crippen LogP contribution in [0.25, 0.3) is 0 Å². The van der Waals surface area contributed by atoms with E-state index in [1.54, 1.807) is 0 Å². The summed E-state index contributed by atoms with van der Waals surface area (Å²) >= 11 is 0. The van der Waals surface area contributed by atoms with Crippen molar-refractivity contribution in [3.05, 3.63) is 0 Å². The molecule has 0 aromatic rings. The number of carbonyl (C=O) groups is 1. The second-order valence-corrected chi connectivity index (χ2v) is 7.55. The first kappa shape index (κ1) is 23.4. The molecule has 0 aliphatic heterocycles. The Bertz CT molecular complexity index is 299. The number of nitrogens with one attached hydrogen (secondary N) is 1. The molecule has 4 nitrogen and oxygen atoms in total. The lowest BCUT2D eigenvalue weighted by Gasteiger charge is -2.28. The second kappa shape index (κ2) is 14.7. The molecule has 0 spiro atoms. The first-order chi connectivity index (χ1) is 11.4. The Morgan fingerprint density at radius 2 is 1.71 bits per heavy atom. The van der Waals surface area contributed by atoms with Crippen LogP contribution >= 0.6 is 0 Å². The smallest absolute Gasteiger partial charge is 0.323 e. The van der Waals surface area contributed by atoms with Crippen molar-refractivity contribution in [2.75, 3.05) is 6.61 Å². The third kappa shape index (κ3) is 11.9. The Morgan fingerprint density at radius 1 is 1.12 bits per heavy atom. The molecule has 0 saturated heterocycles. The highest BCUT2D eigenvalue weighted by Crippen LogP contribution is 2.19. The number of aliphatic hydroxyl groups is 1. The molecule has 0 heterocycles. The van der Waals surface area contributed by atoms with E-state index in [0.717, 1.165) is 38.0 Å². The molecule has 2 unspecified atom stereocenters. The lowest BCUT2D eigenvalue weighted by Crippen LogP contribution is -2.46. The molecule has 0 aromatic heterocycles. The van der Waals surface area contributed by atoms with Crippen molar-refractivity contribution in [1.82, 2.24) is 5.32 Å². The first-order valence-electron chi connectivity index (χ1n) is 10.0. The van der Waals surface area contributed by atoms with E-state index in [9.17, 15) is 4.79 Å². The maximum absolute atomic E-state index is 12.3. The number of hydrogen-bond donors (Lipinski definition) is 2. The summed E-state index contributed by atoms with van der Waals surface area (Å²) in [5, 5.41) is 12.6. The number of ether oxygens (including phenoxy) is 1. The van der Waals surface area contributed by atoms with Crippen molar-refractivity contribution in [3.8, 4) is 0 Å². The SMILES string of the molecule is CC(C)C.CCCC(CC)OC(=O)C(CCO)NC1CCCCC1. The molecular weight excluding hydrogens is 302 g/mol. The Labute approximate surface area is 149 Å². The Hall–Kier alpha value is -0.610. The van der Waals surface area contributed by atoms with Gasteiger partial charge in [-0.25, -0.2) is 0 Å². The number of carbonyl (C=O) groups excluding carboxylic acids is 1. The van der Waals surface area contributed by atoms with Gasteiger partial charge in [0, 0.05) is 12.6 Å². The zero-order valence-electron chi connectivity index (χ0n) is 16.6. The standard InChI is InChI=1S/C16H31NO3.C4H10/c1-3-8-14(4-2)20-16(19)15(11-12-18)17-13-9-6-5-7-10-13;1-4(2)3/h13-15,17-18H,3-12H2,1-2H3;4H,1-3H3. The maximum Gasteiger partial charge on any atom is 0.323 e. The largest absolute Gasteiger partial charge is 0.461 e. The molecule has 144 valence electrons. The lowest BCUT2D eigenvalue weighted by atomic mass is 9.94. The van der Waals surface area contributed by atoms with Crippen LogP contribution in [0.3, 0.4) is 0 Å². The summed E-state index contributed by atoms with van der Waals surface area (Å²) in [5.41, 5.74) is 0. The highest BCUT2D eigenvalue weighted by atomic mass is 16.5. The van der Waals surface area contributed by atoms with Gasteiger partial charge in [0.2, 0.25) is 0 Å². The number of hydrogen-bond acceptors (Lipinski definition) is 4.